The molecule has 0 saturated heterocycles. The first-order valence-electron chi connectivity index (χ1n) is 5.71. The van der Waals surface area contributed by atoms with Gasteiger partial charge in [-0.3, -0.25) is 0 Å². The number of rotatable bonds is 5. The van der Waals surface area contributed by atoms with Crippen molar-refractivity contribution >= 4 is 0 Å². The second-order valence-corrected chi connectivity index (χ2v) is 5.00. The first-order valence-corrected chi connectivity index (χ1v) is 5.71. The van der Waals surface area contributed by atoms with Gasteiger partial charge in [-0.25, -0.2) is 0 Å². The summed E-state index contributed by atoms with van der Waals surface area (Å²) in [6.07, 6.45) is 1.11. The van der Waals surface area contributed by atoms with Crippen molar-refractivity contribution < 1.29 is 9.26 Å². The Labute approximate surface area is 95.3 Å². The molecule has 0 aliphatic heterocycles. The summed E-state index contributed by atoms with van der Waals surface area (Å²) in [5.74, 6) is 1.66. The van der Waals surface area contributed by atoms with Gasteiger partial charge in [0.25, 0.3) is 0 Å². The number of hydrogen-bond acceptors (Lipinski definition) is 5. The molecule has 1 heterocycles. The second kappa shape index (κ2) is 4.14. The molecule has 1 saturated carbocycles. The standard InChI is InChI=1S/C11H19N3O2/c1-4-15-6-8(12)9-13-10(16-14-9)7-5-11(7,2)3/h7-8H,4-6,12H2,1-3H3. The van der Waals surface area contributed by atoms with Gasteiger partial charge in [0.2, 0.25) is 5.89 Å². The van der Waals surface area contributed by atoms with Crippen LogP contribution in [0.4, 0.5) is 0 Å². The van der Waals surface area contributed by atoms with E-state index in [-0.39, 0.29) is 6.04 Å². The molecule has 16 heavy (non-hydrogen) atoms. The Kier molecular flexibility index (Phi) is 2.99. The molecule has 2 rings (SSSR count). The van der Waals surface area contributed by atoms with Crippen molar-refractivity contribution in [2.24, 2.45) is 11.1 Å². The molecule has 2 unspecified atom stereocenters. The highest BCUT2D eigenvalue weighted by molar-refractivity contribution is 5.13. The van der Waals surface area contributed by atoms with Crippen LogP contribution in [0.3, 0.4) is 0 Å². The average molecular weight is 225 g/mol. The molecule has 2 N–H and O–H groups in total. The summed E-state index contributed by atoms with van der Waals surface area (Å²) in [5, 5.41) is 3.90. The lowest BCUT2D eigenvalue weighted by Gasteiger charge is -2.05. The van der Waals surface area contributed by atoms with Crippen molar-refractivity contribution in [3.8, 4) is 0 Å². The SMILES string of the molecule is CCOCC(N)c1noc(C2CC2(C)C)n1. The molecule has 5 nitrogen and oxygen atoms in total. The summed E-state index contributed by atoms with van der Waals surface area (Å²) in [5.41, 5.74) is 6.17. The minimum Gasteiger partial charge on any atom is -0.380 e. The molecule has 0 amide bonds. The van der Waals surface area contributed by atoms with Crippen LogP contribution < -0.4 is 5.73 Å². The molecule has 1 aliphatic rings. The van der Waals surface area contributed by atoms with E-state index in [2.05, 4.69) is 24.0 Å². The summed E-state index contributed by atoms with van der Waals surface area (Å²) in [6, 6.07) is -0.292. The average Bonchev–Trinajstić information content (AvgIpc) is 2.67. The van der Waals surface area contributed by atoms with Gasteiger partial charge in [0.05, 0.1) is 12.6 Å². The summed E-state index contributed by atoms with van der Waals surface area (Å²) >= 11 is 0. The van der Waals surface area contributed by atoms with E-state index in [0.29, 0.717) is 36.3 Å². The molecule has 5 heteroatoms. The third-order valence-corrected chi connectivity index (χ3v) is 3.10. The van der Waals surface area contributed by atoms with E-state index in [1.165, 1.54) is 0 Å². The van der Waals surface area contributed by atoms with Crippen LogP contribution in [0.25, 0.3) is 0 Å². The molecule has 0 bridgehead atoms. The maximum atomic E-state index is 5.87. The van der Waals surface area contributed by atoms with Crippen LogP contribution >= 0.6 is 0 Å². The predicted octanol–water partition coefficient (Wildman–Crippen LogP) is 1.62. The Morgan fingerprint density at radius 1 is 1.62 bits per heavy atom. The topological polar surface area (TPSA) is 74.2 Å². The number of nitrogens with zero attached hydrogens (tertiary/aromatic N) is 2. The van der Waals surface area contributed by atoms with E-state index < -0.39 is 0 Å². The molecule has 1 aromatic rings. The zero-order valence-electron chi connectivity index (χ0n) is 10.1. The lowest BCUT2D eigenvalue weighted by molar-refractivity contribution is 0.130. The maximum Gasteiger partial charge on any atom is 0.230 e. The lowest BCUT2D eigenvalue weighted by atomic mass is 10.1. The van der Waals surface area contributed by atoms with Gasteiger partial charge in [-0.05, 0) is 18.8 Å². The highest BCUT2D eigenvalue weighted by Crippen LogP contribution is 2.58. The van der Waals surface area contributed by atoms with Crippen LogP contribution in [-0.4, -0.2) is 23.4 Å². The Bertz CT molecular complexity index is 362. The number of hydrogen-bond donors (Lipinski definition) is 1. The molecule has 2 atom stereocenters. The summed E-state index contributed by atoms with van der Waals surface area (Å²) in [4.78, 5) is 4.34. The van der Waals surface area contributed by atoms with Gasteiger partial charge in [-0.1, -0.05) is 19.0 Å². The van der Waals surface area contributed by atoms with Gasteiger partial charge in [0.15, 0.2) is 5.82 Å². The van der Waals surface area contributed by atoms with Gasteiger partial charge < -0.3 is 15.0 Å². The van der Waals surface area contributed by atoms with Crippen LogP contribution in [0, 0.1) is 5.41 Å². The Balaban J connectivity index is 1.97. The van der Waals surface area contributed by atoms with E-state index in [1.54, 1.807) is 0 Å². The number of ether oxygens (including phenoxy) is 1. The zero-order chi connectivity index (χ0) is 11.8. The predicted molar refractivity (Wildman–Crippen MR) is 58.9 cm³/mol. The van der Waals surface area contributed by atoms with Gasteiger partial charge >= 0.3 is 0 Å². The molecule has 1 aliphatic carbocycles. The summed E-state index contributed by atoms with van der Waals surface area (Å²) in [6.45, 7) is 7.40. The number of aromatic nitrogens is 2. The lowest BCUT2D eigenvalue weighted by Crippen LogP contribution is -2.18. The van der Waals surface area contributed by atoms with E-state index in [4.69, 9.17) is 15.0 Å². The first kappa shape index (κ1) is 11.5. The van der Waals surface area contributed by atoms with Crippen molar-refractivity contribution in [1.82, 2.24) is 10.1 Å². The second-order valence-electron chi connectivity index (χ2n) is 5.00. The summed E-state index contributed by atoms with van der Waals surface area (Å²) in [7, 11) is 0. The normalized spacial score (nSPS) is 24.4. The highest BCUT2D eigenvalue weighted by atomic mass is 16.5. The minimum atomic E-state index is -0.292. The zero-order valence-corrected chi connectivity index (χ0v) is 10.1. The summed E-state index contributed by atoms with van der Waals surface area (Å²) < 4.78 is 10.5. The van der Waals surface area contributed by atoms with Crippen LogP contribution in [0.15, 0.2) is 4.52 Å². The highest BCUT2D eigenvalue weighted by Gasteiger charge is 2.50. The van der Waals surface area contributed by atoms with Crippen LogP contribution in [-0.2, 0) is 4.74 Å². The smallest absolute Gasteiger partial charge is 0.230 e. The molecule has 90 valence electrons. The quantitative estimate of drug-likeness (QED) is 0.824. The van der Waals surface area contributed by atoms with Crippen molar-refractivity contribution in [3.05, 3.63) is 11.7 Å². The molecule has 0 radical (unpaired) electrons. The molecular formula is C11H19N3O2. The van der Waals surface area contributed by atoms with Gasteiger partial charge in [-0.2, -0.15) is 4.98 Å². The monoisotopic (exact) mass is 225 g/mol. The Morgan fingerprint density at radius 2 is 2.31 bits per heavy atom. The maximum absolute atomic E-state index is 5.87. The van der Waals surface area contributed by atoms with Gasteiger partial charge in [0, 0.05) is 12.5 Å². The Morgan fingerprint density at radius 3 is 2.88 bits per heavy atom. The van der Waals surface area contributed by atoms with Crippen LogP contribution in [0.2, 0.25) is 0 Å². The van der Waals surface area contributed by atoms with Crippen molar-refractivity contribution in [1.29, 1.82) is 0 Å². The van der Waals surface area contributed by atoms with Crippen LogP contribution in [0.1, 0.15) is 50.9 Å². The van der Waals surface area contributed by atoms with Crippen molar-refractivity contribution in [2.75, 3.05) is 13.2 Å². The van der Waals surface area contributed by atoms with E-state index in [1.807, 2.05) is 6.92 Å². The fraction of sp³-hybridized carbons (Fsp3) is 0.818. The van der Waals surface area contributed by atoms with E-state index in [0.717, 1.165) is 6.42 Å². The van der Waals surface area contributed by atoms with Gasteiger partial charge in [-0.15, -0.1) is 0 Å². The van der Waals surface area contributed by atoms with Crippen molar-refractivity contribution in [2.45, 2.75) is 39.2 Å². The fourth-order valence-electron chi connectivity index (χ4n) is 1.75. The molecule has 0 spiro atoms. The fourth-order valence-corrected chi connectivity index (χ4v) is 1.75. The third-order valence-electron chi connectivity index (χ3n) is 3.10. The number of nitrogens with two attached hydrogens (primary N) is 1. The Hall–Kier alpha value is -0.940. The molecule has 1 fully saturated rings. The molecule has 0 aromatic carbocycles. The van der Waals surface area contributed by atoms with E-state index in [9.17, 15) is 0 Å². The van der Waals surface area contributed by atoms with Gasteiger partial charge in [0.1, 0.15) is 0 Å². The third kappa shape index (κ3) is 2.25. The van der Waals surface area contributed by atoms with Crippen molar-refractivity contribution in [3.63, 3.8) is 0 Å². The molecular weight excluding hydrogens is 206 g/mol. The first-order chi connectivity index (χ1) is 7.54. The van der Waals surface area contributed by atoms with E-state index >= 15 is 0 Å². The minimum absolute atomic E-state index is 0.292. The van der Waals surface area contributed by atoms with Crippen LogP contribution in [0.5, 0.6) is 0 Å². The molecule has 1 aromatic heterocycles. The largest absolute Gasteiger partial charge is 0.380 e.